The predicted molar refractivity (Wildman–Crippen MR) is 84.7 cm³/mol. The molecule has 0 bridgehead atoms. The van der Waals surface area contributed by atoms with Gasteiger partial charge in [-0.25, -0.2) is 8.78 Å². The SMILES string of the molecule is NC(=S)c1cc(F)c(Nc2ccc(Cl)cc2Br)c(F)c1. The summed E-state index contributed by atoms with van der Waals surface area (Å²) in [6.07, 6.45) is 0. The van der Waals surface area contributed by atoms with Crippen LogP contribution in [-0.4, -0.2) is 4.99 Å². The van der Waals surface area contributed by atoms with Crippen molar-refractivity contribution in [3.05, 3.63) is 57.0 Å². The van der Waals surface area contributed by atoms with Crippen molar-refractivity contribution in [1.82, 2.24) is 0 Å². The lowest BCUT2D eigenvalue weighted by Crippen LogP contribution is -2.11. The van der Waals surface area contributed by atoms with E-state index in [1.54, 1.807) is 18.2 Å². The number of halogens is 4. The Kier molecular flexibility index (Phi) is 4.57. The fourth-order valence-corrected chi connectivity index (χ4v) is 2.46. The third-order valence-corrected chi connectivity index (χ3v) is 3.64. The summed E-state index contributed by atoms with van der Waals surface area (Å²) >= 11 is 13.8. The zero-order valence-corrected chi connectivity index (χ0v) is 13.0. The first-order valence-electron chi connectivity index (χ1n) is 5.39. The Morgan fingerprint density at radius 3 is 2.30 bits per heavy atom. The fraction of sp³-hybridized carbons (Fsp3) is 0. The summed E-state index contributed by atoms with van der Waals surface area (Å²) in [5.41, 5.74) is 5.68. The Labute approximate surface area is 133 Å². The summed E-state index contributed by atoms with van der Waals surface area (Å²) in [5.74, 6) is -1.57. The molecule has 0 aliphatic carbocycles. The van der Waals surface area contributed by atoms with Crippen molar-refractivity contribution in [3.63, 3.8) is 0 Å². The van der Waals surface area contributed by atoms with Crippen molar-refractivity contribution >= 4 is 56.1 Å². The maximum atomic E-state index is 13.9. The molecule has 2 aromatic carbocycles. The third-order valence-electron chi connectivity index (χ3n) is 2.52. The van der Waals surface area contributed by atoms with Gasteiger partial charge < -0.3 is 11.1 Å². The van der Waals surface area contributed by atoms with Gasteiger partial charge in [-0.05, 0) is 46.3 Å². The number of anilines is 2. The molecule has 2 aromatic rings. The molecule has 0 aromatic heterocycles. The molecule has 0 saturated carbocycles. The van der Waals surface area contributed by atoms with Gasteiger partial charge >= 0.3 is 0 Å². The van der Waals surface area contributed by atoms with E-state index in [4.69, 9.17) is 29.6 Å². The van der Waals surface area contributed by atoms with E-state index in [-0.39, 0.29) is 16.2 Å². The molecule has 0 unspecified atom stereocenters. The van der Waals surface area contributed by atoms with Crippen LogP contribution < -0.4 is 11.1 Å². The molecule has 7 heteroatoms. The summed E-state index contributed by atoms with van der Waals surface area (Å²) in [5, 5.41) is 3.17. The highest BCUT2D eigenvalue weighted by atomic mass is 79.9. The van der Waals surface area contributed by atoms with Crippen molar-refractivity contribution < 1.29 is 8.78 Å². The molecule has 0 aliphatic heterocycles. The molecule has 0 saturated heterocycles. The molecule has 0 spiro atoms. The number of nitrogens with two attached hydrogens (primary N) is 1. The highest BCUT2D eigenvalue weighted by Gasteiger charge is 2.13. The highest BCUT2D eigenvalue weighted by Crippen LogP contribution is 2.31. The third kappa shape index (κ3) is 3.26. The minimum atomic E-state index is -0.783. The van der Waals surface area contributed by atoms with Crippen LogP contribution in [0.3, 0.4) is 0 Å². The van der Waals surface area contributed by atoms with E-state index in [1.807, 2.05) is 0 Å². The van der Waals surface area contributed by atoms with Crippen LogP contribution in [0.15, 0.2) is 34.8 Å². The molecule has 0 fully saturated rings. The Balaban J connectivity index is 2.41. The van der Waals surface area contributed by atoms with E-state index in [2.05, 4.69) is 21.2 Å². The number of nitrogens with one attached hydrogen (secondary N) is 1. The smallest absolute Gasteiger partial charge is 0.150 e. The monoisotopic (exact) mass is 376 g/mol. The molecule has 0 aliphatic rings. The van der Waals surface area contributed by atoms with Gasteiger partial charge in [-0.3, -0.25) is 0 Å². The van der Waals surface area contributed by atoms with Gasteiger partial charge in [0.05, 0.1) is 5.69 Å². The lowest BCUT2D eigenvalue weighted by molar-refractivity contribution is 0.590. The minimum absolute atomic E-state index is 0.0676. The fourth-order valence-electron chi connectivity index (χ4n) is 1.56. The van der Waals surface area contributed by atoms with Crippen LogP contribution in [-0.2, 0) is 0 Å². The lowest BCUT2D eigenvalue weighted by atomic mass is 10.1. The summed E-state index contributed by atoms with van der Waals surface area (Å²) in [4.78, 5) is -0.0676. The molecular weight excluding hydrogens is 370 g/mol. The molecule has 3 N–H and O–H groups in total. The first-order chi connectivity index (χ1) is 9.38. The van der Waals surface area contributed by atoms with Gasteiger partial charge in [0.15, 0.2) is 0 Å². The average molecular weight is 378 g/mol. The van der Waals surface area contributed by atoms with Crippen molar-refractivity contribution in [2.24, 2.45) is 5.73 Å². The van der Waals surface area contributed by atoms with Gasteiger partial charge in [-0.15, -0.1) is 0 Å². The number of hydrogen-bond donors (Lipinski definition) is 2. The van der Waals surface area contributed by atoms with Gasteiger partial charge in [0, 0.05) is 15.1 Å². The number of hydrogen-bond acceptors (Lipinski definition) is 2. The van der Waals surface area contributed by atoms with Crippen molar-refractivity contribution in [3.8, 4) is 0 Å². The first-order valence-corrected chi connectivity index (χ1v) is 6.97. The van der Waals surface area contributed by atoms with Crippen LogP contribution in [0, 0.1) is 11.6 Å². The molecule has 20 heavy (non-hydrogen) atoms. The van der Waals surface area contributed by atoms with E-state index in [0.29, 0.717) is 15.2 Å². The normalized spacial score (nSPS) is 10.4. The molecule has 2 nitrogen and oxygen atoms in total. The van der Waals surface area contributed by atoms with Crippen LogP contribution in [0.4, 0.5) is 20.2 Å². The van der Waals surface area contributed by atoms with E-state index in [0.717, 1.165) is 12.1 Å². The second-order valence-corrected chi connectivity index (χ2v) is 5.66. The maximum absolute atomic E-state index is 13.9. The summed E-state index contributed by atoms with van der Waals surface area (Å²) in [6, 6.07) is 6.98. The zero-order chi connectivity index (χ0) is 14.9. The summed E-state index contributed by atoms with van der Waals surface area (Å²) in [7, 11) is 0. The number of benzene rings is 2. The summed E-state index contributed by atoms with van der Waals surface area (Å²) in [6.45, 7) is 0. The number of thiocarbonyl (C=S) groups is 1. The topological polar surface area (TPSA) is 38.0 Å². The Hall–Kier alpha value is -1.24. The molecule has 104 valence electrons. The second-order valence-electron chi connectivity index (χ2n) is 3.93. The zero-order valence-electron chi connectivity index (χ0n) is 9.88. The van der Waals surface area contributed by atoms with Crippen LogP contribution in [0.2, 0.25) is 5.02 Å². The van der Waals surface area contributed by atoms with Crippen LogP contribution in [0.1, 0.15) is 5.56 Å². The van der Waals surface area contributed by atoms with Crippen molar-refractivity contribution in [2.45, 2.75) is 0 Å². The highest BCUT2D eigenvalue weighted by molar-refractivity contribution is 9.10. The summed E-state index contributed by atoms with van der Waals surface area (Å²) < 4.78 is 28.4. The van der Waals surface area contributed by atoms with Crippen molar-refractivity contribution in [2.75, 3.05) is 5.32 Å². The van der Waals surface area contributed by atoms with Gasteiger partial charge in [-0.2, -0.15) is 0 Å². The van der Waals surface area contributed by atoms with E-state index in [1.165, 1.54) is 0 Å². The Morgan fingerprint density at radius 1 is 1.20 bits per heavy atom. The standard InChI is InChI=1S/C13H8BrClF2N2S/c14-8-5-7(15)1-2-11(8)19-12-9(16)3-6(13(18)20)4-10(12)17/h1-5,19H,(H2,18,20). The van der Waals surface area contributed by atoms with E-state index in [9.17, 15) is 8.78 Å². The first kappa shape index (κ1) is 15.2. The van der Waals surface area contributed by atoms with Gasteiger partial charge in [0.1, 0.15) is 22.3 Å². The second kappa shape index (κ2) is 6.03. The molecule has 0 amide bonds. The molecular formula is C13H8BrClF2N2S. The van der Waals surface area contributed by atoms with Crippen LogP contribution in [0.5, 0.6) is 0 Å². The molecule has 0 radical (unpaired) electrons. The lowest BCUT2D eigenvalue weighted by Gasteiger charge is -2.12. The predicted octanol–water partition coefficient (Wildman–Crippen LogP) is 4.76. The van der Waals surface area contributed by atoms with Gasteiger partial charge in [-0.1, -0.05) is 23.8 Å². The van der Waals surface area contributed by atoms with Crippen molar-refractivity contribution in [1.29, 1.82) is 0 Å². The van der Waals surface area contributed by atoms with Gasteiger partial charge in [0.25, 0.3) is 0 Å². The Bertz CT molecular complexity index is 671. The average Bonchev–Trinajstić information content (AvgIpc) is 2.35. The van der Waals surface area contributed by atoms with Crippen LogP contribution >= 0.6 is 39.7 Å². The van der Waals surface area contributed by atoms with E-state index < -0.39 is 11.6 Å². The van der Waals surface area contributed by atoms with Gasteiger partial charge in [0.2, 0.25) is 0 Å². The molecule has 0 atom stereocenters. The molecule has 2 rings (SSSR count). The largest absolute Gasteiger partial charge is 0.389 e. The Morgan fingerprint density at radius 2 is 1.80 bits per heavy atom. The van der Waals surface area contributed by atoms with E-state index >= 15 is 0 Å². The van der Waals surface area contributed by atoms with Crippen LogP contribution in [0.25, 0.3) is 0 Å². The number of rotatable bonds is 3. The maximum Gasteiger partial charge on any atom is 0.150 e. The quantitative estimate of drug-likeness (QED) is 0.758. The minimum Gasteiger partial charge on any atom is -0.389 e. The molecule has 0 heterocycles.